The van der Waals surface area contributed by atoms with Crippen LogP contribution in [-0.4, -0.2) is 12.1 Å². The highest BCUT2D eigenvalue weighted by Gasteiger charge is 2.00. The molecule has 0 aliphatic heterocycles. The molecule has 3 heteroatoms. The molecule has 0 saturated carbocycles. The first-order chi connectivity index (χ1) is 5.59. The Labute approximate surface area is 77.9 Å². The lowest BCUT2D eigenvalue weighted by Gasteiger charge is -2.10. The van der Waals surface area contributed by atoms with Crippen molar-refractivity contribution in [3.63, 3.8) is 0 Å². The number of hydrazine groups is 1. The lowest BCUT2D eigenvalue weighted by molar-refractivity contribution is 0.342. The fourth-order valence-electron chi connectivity index (χ4n) is 1.05. The first-order valence-corrected chi connectivity index (χ1v) is 4.18. The van der Waals surface area contributed by atoms with Gasteiger partial charge in [0.05, 0.1) is 0 Å². The van der Waals surface area contributed by atoms with E-state index in [1.54, 1.807) is 5.01 Å². The van der Waals surface area contributed by atoms with Crippen LogP contribution in [0.15, 0.2) is 18.2 Å². The van der Waals surface area contributed by atoms with Crippen molar-refractivity contribution in [1.29, 1.82) is 0 Å². The van der Waals surface area contributed by atoms with Crippen LogP contribution >= 0.6 is 11.6 Å². The second kappa shape index (κ2) is 3.90. The molecular formula is C9H13ClN2. The van der Waals surface area contributed by atoms with Crippen molar-refractivity contribution in [2.24, 2.45) is 5.84 Å². The highest BCUT2D eigenvalue weighted by Crippen LogP contribution is 2.17. The van der Waals surface area contributed by atoms with Gasteiger partial charge in [-0.15, -0.1) is 0 Å². The van der Waals surface area contributed by atoms with Crippen LogP contribution in [0.1, 0.15) is 11.1 Å². The average molecular weight is 185 g/mol. The number of aryl methyl sites for hydroxylation is 1. The molecular weight excluding hydrogens is 172 g/mol. The normalized spacial score (nSPS) is 10.8. The molecule has 0 aliphatic rings. The minimum absolute atomic E-state index is 0.680. The van der Waals surface area contributed by atoms with Gasteiger partial charge in [0, 0.05) is 18.6 Å². The largest absolute Gasteiger partial charge is 0.269 e. The summed E-state index contributed by atoms with van der Waals surface area (Å²) in [5, 5.41) is 2.39. The van der Waals surface area contributed by atoms with Crippen LogP contribution in [0, 0.1) is 6.92 Å². The Morgan fingerprint density at radius 1 is 1.50 bits per heavy atom. The Hall–Kier alpha value is -0.570. The number of nitrogens with two attached hydrogens (primary N) is 1. The fourth-order valence-corrected chi connectivity index (χ4v) is 1.34. The van der Waals surface area contributed by atoms with Gasteiger partial charge in [-0.05, 0) is 24.1 Å². The van der Waals surface area contributed by atoms with Gasteiger partial charge in [-0.3, -0.25) is 5.84 Å². The summed E-state index contributed by atoms with van der Waals surface area (Å²) in [7, 11) is 1.82. The molecule has 1 aromatic carbocycles. The van der Waals surface area contributed by atoms with E-state index < -0.39 is 0 Å². The smallest absolute Gasteiger partial charge is 0.0454 e. The van der Waals surface area contributed by atoms with Gasteiger partial charge in [-0.2, -0.15) is 0 Å². The lowest BCUT2D eigenvalue weighted by atomic mass is 10.1. The van der Waals surface area contributed by atoms with Gasteiger partial charge < -0.3 is 0 Å². The molecule has 0 aliphatic carbocycles. The molecule has 0 aromatic heterocycles. The summed E-state index contributed by atoms with van der Waals surface area (Å²) < 4.78 is 0. The third-order valence-corrected chi connectivity index (χ3v) is 1.98. The first-order valence-electron chi connectivity index (χ1n) is 3.80. The molecule has 2 nitrogen and oxygen atoms in total. The summed E-state index contributed by atoms with van der Waals surface area (Å²) in [5.74, 6) is 5.51. The third kappa shape index (κ3) is 2.48. The molecule has 1 aromatic rings. The van der Waals surface area contributed by atoms with Crippen LogP contribution in [0.25, 0.3) is 0 Å². The molecule has 0 radical (unpaired) electrons. The molecule has 0 atom stereocenters. The molecule has 1 rings (SSSR count). The van der Waals surface area contributed by atoms with E-state index in [9.17, 15) is 0 Å². The molecule has 0 bridgehead atoms. The van der Waals surface area contributed by atoms with Crippen LogP contribution in [0.4, 0.5) is 0 Å². The molecule has 0 spiro atoms. The van der Waals surface area contributed by atoms with Gasteiger partial charge in [0.2, 0.25) is 0 Å². The highest BCUT2D eigenvalue weighted by molar-refractivity contribution is 6.31. The predicted octanol–water partition coefficient (Wildman–Crippen LogP) is 1.95. The van der Waals surface area contributed by atoms with Gasteiger partial charge in [-0.1, -0.05) is 23.7 Å². The molecule has 0 amide bonds. The van der Waals surface area contributed by atoms with Crippen LogP contribution in [0.3, 0.4) is 0 Å². The molecule has 66 valence electrons. The highest BCUT2D eigenvalue weighted by atomic mass is 35.5. The van der Waals surface area contributed by atoms with E-state index in [0.29, 0.717) is 6.54 Å². The summed E-state index contributed by atoms with van der Waals surface area (Å²) in [5.41, 5.74) is 2.23. The second-order valence-corrected chi connectivity index (χ2v) is 3.42. The van der Waals surface area contributed by atoms with Crippen LogP contribution in [0.5, 0.6) is 0 Å². The minimum atomic E-state index is 0.680. The maximum absolute atomic E-state index is 5.99. The number of nitrogens with zero attached hydrogens (tertiary/aromatic N) is 1. The zero-order chi connectivity index (χ0) is 9.14. The van der Waals surface area contributed by atoms with E-state index in [4.69, 9.17) is 17.4 Å². The molecule has 0 saturated heterocycles. The standard InChI is InChI=1S/C9H13ClN2/c1-7-3-4-8(6-12(2)11)9(10)5-7/h3-5H,6,11H2,1-2H3. The Balaban J connectivity index is 2.86. The number of hydrogen-bond donors (Lipinski definition) is 1. The summed E-state index contributed by atoms with van der Waals surface area (Å²) >= 11 is 5.99. The SMILES string of the molecule is Cc1ccc(CN(C)N)c(Cl)c1. The first kappa shape index (κ1) is 9.52. The topological polar surface area (TPSA) is 29.3 Å². The maximum Gasteiger partial charge on any atom is 0.0454 e. The second-order valence-electron chi connectivity index (χ2n) is 3.01. The van der Waals surface area contributed by atoms with E-state index >= 15 is 0 Å². The van der Waals surface area contributed by atoms with Crippen molar-refractivity contribution in [3.8, 4) is 0 Å². The Bertz CT molecular complexity index is 271. The van der Waals surface area contributed by atoms with Crippen LogP contribution in [-0.2, 0) is 6.54 Å². The van der Waals surface area contributed by atoms with Crippen molar-refractivity contribution in [3.05, 3.63) is 34.3 Å². The summed E-state index contributed by atoms with van der Waals surface area (Å²) in [6.07, 6.45) is 0. The van der Waals surface area contributed by atoms with Gasteiger partial charge in [0.1, 0.15) is 0 Å². The summed E-state index contributed by atoms with van der Waals surface area (Å²) in [6.45, 7) is 2.70. The molecule has 2 N–H and O–H groups in total. The van der Waals surface area contributed by atoms with Crippen molar-refractivity contribution in [1.82, 2.24) is 5.01 Å². The summed E-state index contributed by atoms with van der Waals surface area (Å²) in [6, 6.07) is 5.98. The zero-order valence-electron chi connectivity index (χ0n) is 7.34. The van der Waals surface area contributed by atoms with E-state index in [2.05, 4.69) is 0 Å². The van der Waals surface area contributed by atoms with Crippen molar-refractivity contribution < 1.29 is 0 Å². The average Bonchev–Trinajstić information content (AvgIpc) is 1.94. The van der Waals surface area contributed by atoms with E-state index in [-0.39, 0.29) is 0 Å². The van der Waals surface area contributed by atoms with E-state index in [1.165, 1.54) is 5.56 Å². The van der Waals surface area contributed by atoms with E-state index in [0.717, 1.165) is 10.6 Å². The number of hydrogen-bond acceptors (Lipinski definition) is 2. The Kier molecular flexibility index (Phi) is 3.09. The Morgan fingerprint density at radius 3 is 2.67 bits per heavy atom. The number of benzene rings is 1. The lowest BCUT2D eigenvalue weighted by Crippen LogP contribution is -2.25. The van der Waals surface area contributed by atoms with Gasteiger partial charge >= 0.3 is 0 Å². The van der Waals surface area contributed by atoms with Gasteiger partial charge in [0.15, 0.2) is 0 Å². The molecule has 0 heterocycles. The van der Waals surface area contributed by atoms with Crippen molar-refractivity contribution >= 4 is 11.6 Å². The Morgan fingerprint density at radius 2 is 2.17 bits per heavy atom. The summed E-state index contributed by atoms with van der Waals surface area (Å²) in [4.78, 5) is 0. The zero-order valence-corrected chi connectivity index (χ0v) is 8.10. The van der Waals surface area contributed by atoms with Crippen molar-refractivity contribution in [2.75, 3.05) is 7.05 Å². The third-order valence-electron chi connectivity index (χ3n) is 1.63. The fraction of sp³-hybridized carbons (Fsp3) is 0.333. The van der Waals surface area contributed by atoms with Crippen LogP contribution in [0.2, 0.25) is 5.02 Å². The monoisotopic (exact) mass is 184 g/mol. The van der Waals surface area contributed by atoms with Gasteiger partial charge in [0.25, 0.3) is 0 Å². The maximum atomic E-state index is 5.99. The van der Waals surface area contributed by atoms with E-state index in [1.807, 2.05) is 32.2 Å². The minimum Gasteiger partial charge on any atom is -0.269 e. The quantitative estimate of drug-likeness (QED) is 0.563. The predicted molar refractivity (Wildman–Crippen MR) is 51.8 cm³/mol. The molecule has 12 heavy (non-hydrogen) atoms. The molecule has 0 unspecified atom stereocenters. The number of rotatable bonds is 2. The van der Waals surface area contributed by atoms with Gasteiger partial charge in [-0.25, -0.2) is 5.01 Å². The van der Waals surface area contributed by atoms with Crippen LogP contribution < -0.4 is 5.84 Å². The van der Waals surface area contributed by atoms with Crippen molar-refractivity contribution in [2.45, 2.75) is 13.5 Å². The molecule has 0 fully saturated rings. The number of halogens is 1.